The maximum Gasteiger partial charge on any atom is 0.179 e. The minimum atomic E-state index is -0.771. The van der Waals surface area contributed by atoms with E-state index >= 15 is 0 Å². The molecule has 0 saturated heterocycles. The van der Waals surface area contributed by atoms with E-state index in [0.29, 0.717) is 6.04 Å². The summed E-state index contributed by atoms with van der Waals surface area (Å²) in [7, 11) is 0. The van der Waals surface area contributed by atoms with Gasteiger partial charge in [0.1, 0.15) is 11.6 Å². The number of rotatable bonds is 6. The highest BCUT2D eigenvalue weighted by Crippen LogP contribution is 2.27. The van der Waals surface area contributed by atoms with Crippen molar-refractivity contribution < 1.29 is 13.6 Å². The quantitative estimate of drug-likeness (QED) is 0.726. The van der Waals surface area contributed by atoms with Crippen molar-refractivity contribution in [3.63, 3.8) is 0 Å². The van der Waals surface area contributed by atoms with Crippen molar-refractivity contribution >= 4 is 5.78 Å². The van der Waals surface area contributed by atoms with E-state index in [1.54, 1.807) is 0 Å². The number of halogens is 2. The first kappa shape index (κ1) is 13.1. The zero-order valence-corrected chi connectivity index (χ0v) is 10.5. The maximum absolute atomic E-state index is 13.5. The Hall–Kier alpha value is -1.29. The highest BCUT2D eigenvalue weighted by Gasteiger charge is 2.30. The van der Waals surface area contributed by atoms with E-state index in [4.69, 9.17) is 0 Å². The lowest BCUT2D eigenvalue weighted by Crippen LogP contribution is -2.33. The van der Waals surface area contributed by atoms with Gasteiger partial charge in [-0.25, -0.2) is 8.78 Å². The number of ketones is 1. The van der Waals surface area contributed by atoms with Crippen molar-refractivity contribution in [2.24, 2.45) is 0 Å². The van der Waals surface area contributed by atoms with Gasteiger partial charge in [0, 0.05) is 12.1 Å². The summed E-state index contributed by atoms with van der Waals surface area (Å²) in [5, 5.41) is 0. The number of Topliss-reactive ketones (excluding diaryl/α,β-unsaturated/α-hetero) is 1. The second-order valence-corrected chi connectivity index (χ2v) is 4.75. The number of carbonyl (C=O) groups excluding carboxylic acids is 1. The summed E-state index contributed by atoms with van der Waals surface area (Å²) in [6.45, 7) is 3.12. The molecule has 1 aliphatic rings. The summed E-state index contributed by atoms with van der Waals surface area (Å²) in [6.07, 6.45) is 3.19. The van der Waals surface area contributed by atoms with Crippen LogP contribution in [0.4, 0.5) is 8.78 Å². The molecular formula is C14H17F2NO. The van der Waals surface area contributed by atoms with Crippen molar-refractivity contribution in [1.82, 2.24) is 4.90 Å². The molecule has 0 bridgehead atoms. The Bertz CT molecular complexity index is 443. The van der Waals surface area contributed by atoms with Crippen LogP contribution in [0, 0.1) is 11.6 Å². The van der Waals surface area contributed by atoms with E-state index in [0.717, 1.165) is 37.9 Å². The molecule has 1 aromatic carbocycles. The molecule has 98 valence electrons. The van der Waals surface area contributed by atoms with Gasteiger partial charge in [-0.1, -0.05) is 6.92 Å². The van der Waals surface area contributed by atoms with Gasteiger partial charge < -0.3 is 0 Å². The first-order valence-electron chi connectivity index (χ1n) is 6.34. The zero-order valence-electron chi connectivity index (χ0n) is 10.5. The molecule has 4 heteroatoms. The first-order chi connectivity index (χ1) is 8.61. The monoisotopic (exact) mass is 253 g/mol. The van der Waals surface area contributed by atoms with Crippen LogP contribution in [-0.4, -0.2) is 29.8 Å². The molecule has 2 nitrogen and oxygen atoms in total. The van der Waals surface area contributed by atoms with Gasteiger partial charge in [-0.15, -0.1) is 0 Å². The predicted molar refractivity (Wildman–Crippen MR) is 65.6 cm³/mol. The molecule has 0 unspecified atom stereocenters. The molecule has 0 radical (unpaired) electrons. The molecule has 0 atom stereocenters. The van der Waals surface area contributed by atoms with E-state index < -0.39 is 11.6 Å². The lowest BCUT2D eigenvalue weighted by molar-refractivity contribution is 0.0920. The Balaban J connectivity index is 2.05. The van der Waals surface area contributed by atoms with Gasteiger partial charge in [0.25, 0.3) is 0 Å². The second kappa shape index (κ2) is 5.57. The van der Waals surface area contributed by atoms with Crippen molar-refractivity contribution in [2.75, 3.05) is 13.1 Å². The summed E-state index contributed by atoms with van der Waals surface area (Å²) in [4.78, 5) is 14.1. The highest BCUT2D eigenvalue weighted by atomic mass is 19.1. The molecule has 0 spiro atoms. The van der Waals surface area contributed by atoms with Crippen molar-refractivity contribution in [2.45, 2.75) is 32.2 Å². The second-order valence-electron chi connectivity index (χ2n) is 4.75. The summed E-state index contributed by atoms with van der Waals surface area (Å²) < 4.78 is 26.2. The van der Waals surface area contributed by atoms with Gasteiger partial charge in [-0.05, 0) is 37.9 Å². The highest BCUT2D eigenvalue weighted by molar-refractivity contribution is 5.97. The number of hydrogen-bond acceptors (Lipinski definition) is 2. The number of carbonyl (C=O) groups is 1. The fourth-order valence-electron chi connectivity index (χ4n) is 2.10. The first-order valence-corrected chi connectivity index (χ1v) is 6.34. The van der Waals surface area contributed by atoms with E-state index in [-0.39, 0.29) is 17.9 Å². The van der Waals surface area contributed by atoms with Crippen LogP contribution in [0.5, 0.6) is 0 Å². The molecule has 1 fully saturated rings. The van der Waals surface area contributed by atoms with Crippen molar-refractivity contribution in [3.8, 4) is 0 Å². The third kappa shape index (κ3) is 3.13. The molecule has 0 heterocycles. The minimum absolute atomic E-state index is 0.0156. The van der Waals surface area contributed by atoms with Gasteiger partial charge in [0.05, 0.1) is 12.1 Å². The summed E-state index contributed by atoms with van der Waals surface area (Å²) in [5.74, 6) is -1.70. The van der Waals surface area contributed by atoms with Crippen LogP contribution < -0.4 is 0 Å². The Labute approximate surface area is 106 Å². The lowest BCUT2D eigenvalue weighted by Gasteiger charge is -2.20. The third-order valence-electron chi connectivity index (χ3n) is 3.15. The maximum atomic E-state index is 13.5. The molecule has 1 saturated carbocycles. The average molecular weight is 253 g/mol. The van der Waals surface area contributed by atoms with Crippen molar-refractivity contribution in [3.05, 3.63) is 35.4 Å². The average Bonchev–Trinajstić information content (AvgIpc) is 3.11. The largest absolute Gasteiger partial charge is 0.293 e. The van der Waals surface area contributed by atoms with Crippen LogP contribution in [-0.2, 0) is 0 Å². The molecular weight excluding hydrogens is 236 g/mol. The molecule has 0 N–H and O–H groups in total. The van der Waals surface area contributed by atoms with Crippen LogP contribution >= 0.6 is 0 Å². The van der Waals surface area contributed by atoms with E-state index in [9.17, 15) is 13.6 Å². The van der Waals surface area contributed by atoms with Crippen LogP contribution in [0.1, 0.15) is 36.5 Å². The number of nitrogens with zero attached hydrogens (tertiary/aromatic N) is 1. The third-order valence-corrected chi connectivity index (χ3v) is 3.15. The summed E-state index contributed by atoms with van der Waals surface area (Å²) >= 11 is 0. The van der Waals surface area contributed by atoms with E-state index in [1.807, 2.05) is 0 Å². The molecule has 1 aliphatic carbocycles. The Morgan fingerprint density at radius 3 is 2.67 bits per heavy atom. The van der Waals surface area contributed by atoms with E-state index in [1.165, 1.54) is 6.07 Å². The van der Waals surface area contributed by atoms with Crippen LogP contribution in [0.25, 0.3) is 0 Å². The molecule has 0 aromatic heterocycles. The standard InChI is InChI=1S/C14H17F2NO/c1-2-7-17(11-4-5-11)9-14(18)12-6-3-10(15)8-13(12)16/h3,6,8,11H,2,4-5,7,9H2,1H3. The van der Waals surface area contributed by atoms with Gasteiger partial charge in [0.15, 0.2) is 5.78 Å². The normalized spacial score (nSPS) is 15.1. The fraction of sp³-hybridized carbons (Fsp3) is 0.500. The summed E-state index contributed by atoms with van der Waals surface area (Å²) in [6, 6.07) is 3.58. The van der Waals surface area contributed by atoms with Gasteiger partial charge in [-0.2, -0.15) is 0 Å². The molecule has 2 rings (SSSR count). The Kier molecular flexibility index (Phi) is 4.07. The molecule has 0 aliphatic heterocycles. The SMILES string of the molecule is CCCN(CC(=O)c1ccc(F)cc1F)C1CC1. The van der Waals surface area contributed by atoms with Gasteiger partial charge in [-0.3, -0.25) is 9.69 Å². The van der Waals surface area contributed by atoms with Crippen LogP contribution in [0.3, 0.4) is 0 Å². The molecule has 18 heavy (non-hydrogen) atoms. The number of benzene rings is 1. The smallest absolute Gasteiger partial charge is 0.179 e. The zero-order chi connectivity index (χ0) is 13.1. The minimum Gasteiger partial charge on any atom is -0.293 e. The fourth-order valence-corrected chi connectivity index (χ4v) is 2.10. The van der Waals surface area contributed by atoms with Crippen LogP contribution in [0.2, 0.25) is 0 Å². The lowest BCUT2D eigenvalue weighted by atomic mass is 10.1. The predicted octanol–water partition coefficient (Wildman–Crippen LogP) is 3.02. The number of hydrogen-bond donors (Lipinski definition) is 0. The van der Waals surface area contributed by atoms with Gasteiger partial charge >= 0.3 is 0 Å². The van der Waals surface area contributed by atoms with Gasteiger partial charge in [0.2, 0.25) is 0 Å². The Morgan fingerprint density at radius 2 is 2.11 bits per heavy atom. The molecule has 1 aromatic rings. The van der Waals surface area contributed by atoms with E-state index in [2.05, 4.69) is 11.8 Å². The van der Waals surface area contributed by atoms with Crippen molar-refractivity contribution in [1.29, 1.82) is 0 Å². The Morgan fingerprint density at radius 1 is 1.39 bits per heavy atom. The topological polar surface area (TPSA) is 20.3 Å². The molecule has 0 amide bonds. The van der Waals surface area contributed by atoms with Crippen LogP contribution in [0.15, 0.2) is 18.2 Å². The summed E-state index contributed by atoms with van der Waals surface area (Å²) in [5.41, 5.74) is -0.0156.